The van der Waals surface area contributed by atoms with E-state index >= 15 is 0 Å². The molecular weight excluding hydrogens is 414 g/mol. The van der Waals surface area contributed by atoms with E-state index in [4.69, 9.17) is 14.9 Å². The van der Waals surface area contributed by atoms with Gasteiger partial charge in [-0.2, -0.15) is 5.10 Å². The van der Waals surface area contributed by atoms with Gasteiger partial charge < -0.3 is 15.2 Å². The predicted octanol–water partition coefficient (Wildman–Crippen LogP) is 5.41. The van der Waals surface area contributed by atoms with E-state index in [9.17, 15) is 9.59 Å². The highest BCUT2D eigenvalue weighted by Crippen LogP contribution is 2.35. The van der Waals surface area contributed by atoms with Crippen molar-refractivity contribution in [3.63, 3.8) is 0 Å². The van der Waals surface area contributed by atoms with Gasteiger partial charge in [0.25, 0.3) is 5.91 Å². The zero-order valence-electron chi connectivity index (χ0n) is 17.8. The quantitative estimate of drug-likeness (QED) is 0.512. The lowest BCUT2D eigenvalue weighted by Crippen LogP contribution is -2.25. The number of fused-ring (bicyclic) bond motifs is 1. The molecule has 1 saturated carbocycles. The number of nitrogens with one attached hydrogen (secondary N) is 1. The number of carboxylic acid groups (broad SMARTS) is 1. The summed E-state index contributed by atoms with van der Waals surface area (Å²) in [7, 11) is 0. The topological polar surface area (TPSA) is 93.5 Å². The van der Waals surface area contributed by atoms with Crippen LogP contribution in [0, 0.1) is 6.92 Å². The van der Waals surface area contributed by atoms with Gasteiger partial charge in [-0.05, 0) is 56.5 Å². The largest absolute Gasteiger partial charge is 0.479 e. The van der Waals surface area contributed by atoms with Crippen LogP contribution in [0.15, 0.2) is 30.3 Å². The first-order chi connectivity index (χ1) is 15.0. The van der Waals surface area contributed by atoms with Gasteiger partial charge in [-0.25, -0.2) is 4.79 Å². The van der Waals surface area contributed by atoms with E-state index in [0.29, 0.717) is 28.8 Å². The standard InChI is InChI=1S/C23H27N3O4S/c1-3-19(23(28)29)30-17-11-9-15(10-12-17)24-21(27)20-13-18-14(2)25-26(22(18)31-20)16-7-5-4-6-8-16/h9-13,16,19H,3-8H2,1-2H3,(H,24,27)(H,28,29). The Balaban J connectivity index is 1.48. The van der Waals surface area contributed by atoms with Crippen LogP contribution in [-0.2, 0) is 4.79 Å². The number of carbonyl (C=O) groups is 2. The molecule has 0 radical (unpaired) electrons. The Labute approximate surface area is 185 Å². The summed E-state index contributed by atoms with van der Waals surface area (Å²) in [5.41, 5.74) is 1.59. The van der Waals surface area contributed by atoms with Crippen molar-refractivity contribution in [3.05, 3.63) is 40.9 Å². The molecular formula is C23H27N3O4S. The molecule has 7 nitrogen and oxygen atoms in total. The zero-order valence-corrected chi connectivity index (χ0v) is 18.6. The number of hydrogen-bond acceptors (Lipinski definition) is 5. The molecule has 0 saturated heterocycles. The minimum Gasteiger partial charge on any atom is -0.479 e. The van der Waals surface area contributed by atoms with Crippen molar-refractivity contribution in [2.24, 2.45) is 0 Å². The van der Waals surface area contributed by atoms with Gasteiger partial charge in [-0.3, -0.25) is 9.48 Å². The molecule has 1 amide bonds. The minimum atomic E-state index is -0.994. The monoisotopic (exact) mass is 441 g/mol. The highest BCUT2D eigenvalue weighted by Gasteiger charge is 2.23. The minimum absolute atomic E-state index is 0.165. The molecule has 1 unspecified atom stereocenters. The number of rotatable bonds is 7. The molecule has 164 valence electrons. The molecule has 31 heavy (non-hydrogen) atoms. The second-order valence-electron chi connectivity index (χ2n) is 7.98. The van der Waals surface area contributed by atoms with Gasteiger partial charge in [0, 0.05) is 11.1 Å². The Morgan fingerprint density at radius 1 is 1.26 bits per heavy atom. The van der Waals surface area contributed by atoms with Crippen LogP contribution in [0.2, 0.25) is 0 Å². The maximum absolute atomic E-state index is 12.8. The van der Waals surface area contributed by atoms with E-state index in [1.807, 2.05) is 13.0 Å². The average Bonchev–Trinajstić information content (AvgIpc) is 3.34. The zero-order chi connectivity index (χ0) is 22.0. The SMILES string of the molecule is CCC(Oc1ccc(NC(=O)c2cc3c(C)nn(C4CCCCC4)c3s2)cc1)C(=O)O. The van der Waals surface area contributed by atoms with Crippen LogP contribution >= 0.6 is 11.3 Å². The first kappa shape index (κ1) is 21.4. The van der Waals surface area contributed by atoms with Gasteiger partial charge in [0.1, 0.15) is 10.6 Å². The van der Waals surface area contributed by atoms with Crippen molar-refractivity contribution in [3.8, 4) is 5.75 Å². The number of aliphatic carboxylic acids is 1. The second kappa shape index (κ2) is 9.09. The third kappa shape index (κ3) is 4.58. The highest BCUT2D eigenvalue weighted by atomic mass is 32.1. The molecule has 1 aliphatic rings. The number of anilines is 1. The Morgan fingerprint density at radius 2 is 1.97 bits per heavy atom. The number of hydrogen-bond donors (Lipinski definition) is 2. The molecule has 2 aromatic heterocycles. The van der Waals surface area contributed by atoms with Gasteiger partial charge in [0.05, 0.1) is 16.6 Å². The summed E-state index contributed by atoms with van der Waals surface area (Å²) < 4.78 is 7.59. The Morgan fingerprint density at radius 3 is 2.61 bits per heavy atom. The van der Waals surface area contributed by atoms with Crippen LogP contribution in [-0.4, -0.2) is 32.9 Å². The highest BCUT2D eigenvalue weighted by molar-refractivity contribution is 7.20. The van der Waals surface area contributed by atoms with Crippen LogP contribution < -0.4 is 10.1 Å². The number of ether oxygens (including phenoxy) is 1. The first-order valence-electron chi connectivity index (χ1n) is 10.8. The van der Waals surface area contributed by atoms with Gasteiger partial charge in [-0.1, -0.05) is 26.2 Å². The number of carboxylic acids is 1. The van der Waals surface area contributed by atoms with Crippen molar-refractivity contribution in [1.29, 1.82) is 0 Å². The molecule has 8 heteroatoms. The number of carbonyl (C=O) groups excluding carboxylic acids is 1. The Kier molecular flexibility index (Phi) is 6.27. The average molecular weight is 442 g/mol. The van der Waals surface area contributed by atoms with E-state index in [-0.39, 0.29) is 5.91 Å². The summed E-state index contributed by atoms with van der Waals surface area (Å²) in [4.78, 5) is 25.7. The maximum Gasteiger partial charge on any atom is 0.344 e. The summed E-state index contributed by atoms with van der Waals surface area (Å²) in [5.74, 6) is -0.703. The lowest BCUT2D eigenvalue weighted by Gasteiger charge is -2.22. The van der Waals surface area contributed by atoms with Crippen molar-refractivity contribution in [2.45, 2.75) is 64.5 Å². The molecule has 1 aromatic carbocycles. The maximum atomic E-state index is 12.8. The number of amides is 1. The lowest BCUT2D eigenvalue weighted by molar-refractivity contribution is -0.145. The molecule has 1 aliphatic carbocycles. The number of benzene rings is 1. The van der Waals surface area contributed by atoms with Gasteiger partial charge >= 0.3 is 5.97 Å². The van der Waals surface area contributed by atoms with Crippen molar-refractivity contribution in [1.82, 2.24) is 9.78 Å². The molecule has 1 atom stereocenters. The van der Waals surface area contributed by atoms with E-state index in [0.717, 1.165) is 28.8 Å². The summed E-state index contributed by atoms with van der Waals surface area (Å²) >= 11 is 1.48. The Bertz CT molecular complexity index is 1080. The van der Waals surface area contributed by atoms with Crippen molar-refractivity contribution >= 4 is 39.1 Å². The number of nitrogens with zero attached hydrogens (tertiary/aromatic N) is 2. The fourth-order valence-electron chi connectivity index (χ4n) is 4.04. The van der Waals surface area contributed by atoms with E-state index in [1.165, 1.54) is 30.6 Å². The van der Waals surface area contributed by atoms with Gasteiger partial charge in [0.15, 0.2) is 6.10 Å². The summed E-state index contributed by atoms with van der Waals surface area (Å²) in [6, 6.07) is 9.10. The fourth-order valence-corrected chi connectivity index (χ4v) is 5.17. The molecule has 1 fully saturated rings. The smallest absolute Gasteiger partial charge is 0.344 e. The molecule has 2 N–H and O–H groups in total. The Hall–Kier alpha value is -2.87. The normalized spacial score (nSPS) is 15.7. The summed E-state index contributed by atoms with van der Waals surface area (Å²) in [6.07, 6.45) is 5.53. The summed E-state index contributed by atoms with van der Waals surface area (Å²) in [5, 5.41) is 17.8. The third-order valence-corrected chi connectivity index (χ3v) is 6.87. The van der Waals surface area contributed by atoms with E-state index < -0.39 is 12.1 Å². The van der Waals surface area contributed by atoms with Crippen LogP contribution in [0.25, 0.3) is 10.2 Å². The van der Waals surface area contributed by atoms with E-state index in [2.05, 4.69) is 10.00 Å². The fraction of sp³-hybridized carbons (Fsp3) is 0.435. The number of aryl methyl sites for hydroxylation is 1. The van der Waals surface area contributed by atoms with Crippen LogP contribution in [0.3, 0.4) is 0 Å². The van der Waals surface area contributed by atoms with Crippen LogP contribution in [0.5, 0.6) is 5.75 Å². The number of aromatic nitrogens is 2. The predicted molar refractivity (Wildman–Crippen MR) is 121 cm³/mol. The number of thiophene rings is 1. The van der Waals surface area contributed by atoms with Gasteiger partial charge in [-0.15, -0.1) is 11.3 Å². The molecule has 3 aromatic rings. The van der Waals surface area contributed by atoms with Crippen LogP contribution in [0.1, 0.15) is 66.9 Å². The second-order valence-corrected chi connectivity index (χ2v) is 9.01. The lowest BCUT2D eigenvalue weighted by atomic mass is 9.96. The molecule has 0 aliphatic heterocycles. The van der Waals surface area contributed by atoms with E-state index in [1.54, 1.807) is 31.2 Å². The molecule has 0 spiro atoms. The van der Waals surface area contributed by atoms with Crippen LogP contribution in [0.4, 0.5) is 5.69 Å². The van der Waals surface area contributed by atoms with Gasteiger partial charge in [0.2, 0.25) is 0 Å². The molecule has 0 bridgehead atoms. The molecule has 4 rings (SSSR count). The third-order valence-electron chi connectivity index (χ3n) is 5.75. The summed E-state index contributed by atoms with van der Waals surface area (Å²) in [6.45, 7) is 3.75. The first-order valence-corrected chi connectivity index (χ1v) is 11.6. The van der Waals surface area contributed by atoms with Crippen molar-refractivity contribution < 1.29 is 19.4 Å². The molecule has 2 heterocycles. The van der Waals surface area contributed by atoms with Crippen molar-refractivity contribution in [2.75, 3.05) is 5.32 Å².